The molecule has 0 aliphatic carbocycles. The van der Waals surface area contributed by atoms with Gasteiger partial charge in [0.1, 0.15) is 5.75 Å². The number of halogens is 1. The molecule has 2 rings (SSSR count). The van der Waals surface area contributed by atoms with E-state index in [4.69, 9.17) is 21.1 Å². The number of nitrogens with zero attached hydrogens (tertiary/aromatic N) is 1. The number of urea groups is 1. The maximum atomic E-state index is 12.9. The quantitative estimate of drug-likeness (QED) is 0.282. The fourth-order valence-corrected chi connectivity index (χ4v) is 3.12. The van der Waals surface area contributed by atoms with E-state index in [1.807, 2.05) is 48.2 Å². The smallest absolute Gasteiger partial charge is 0.322 e. The lowest BCUT2D eigenvalue weighted by Crippen LogP contribution is -2.35. The number of unbranched alkanes of at least 4 members (excludes halogenated alkanes) is 4. The lowest BCUT2D eigenvalue weighted by molar-refractivity contribution is 0.0224. The molecule has 0 saturated heterocycles. The zero-order valence-corrected chi connectivity index (χ0v) is 18.8. The minimum Gasteiger partial charge on any atom is -0.468 e. The molecular formula is C24H33ClN2O3. The van der Waals surface area contributed by atoms with Crippen molar-refractivity contribution in [3.05, 3.63) is 59.1 Å². The van der Waals surface area contributed by atoms with Gasteiger partial charge in [-0.25, -0.2) is 4.79 Å². The molecule has 0 bridgehead atoms. The summed E-state index contributed by atoms with van der Waals surface area (Å²) in [6, 6.07) is 14.8. The first-order chi connectivity index (χ1) is 14.6. The molecule has 0 atom stereocenters. The molecule has 0 unspecified atom stereocenters. The zero-order valence-electron chi connectivity index (χ0n) is 18.0. The Bertz CT molecular complexity index is 735. The fraction of sp³-hybridized carbons (Fsp3) is 0.458. The number of hydrogen-bond acceptors (Lipinski definition) is 3. The summed E-state index contributed by atoms with van der Waals surface area (Å²) in [5, 5.41) is 3.62. The number of carbonyl (C=O) groups excluding carboxylic acids is 1. The average molecular weight is 433 g/mol. The van der Waals surface area contributed by atoms with Gasteiger partial charge in [-0.05, 0) is 55.3 Å². The maximum Gasteiger partial charge on any atom is 0.322 e. The molecule has 6 heteroatoms. The van der Waals surface area contributed by atoms with Crippen molar-refractivity contribution in [1.29, 1.82) is 0 Å². The first-order valence-electron chi connectivity index (χ1n) is 10.7. The molecule has 2 aromatic carbocycles. The van der Waals surface area contributed by atoms with E-state index in [2.05, 4.69) is 12.2 Å². The first-order valence-corrected chi connectivity index (χ1v) is 11.1. The van der Waals surface area contributed by atoms with Crippen molar-refractivity contribution in [2.24, 2.45) is 0 Å². The summed E-state index contributed by atoms with van der Waals surface area (Å²) in [5.74, 6) is 0.754. The number of anilines is 1. The van der Waals surface area contributed by atoms with Crippen LogP contribution in [-0.2, 0) is 11.3 Å². The minimum atomic E-state index is -0.107. The van der Waals surface area contributed by atoms with E-state index in [-0.39, 0.29) is 12.8 Å². The Kier molecular flexibility index (Phi) is 11.1. The third-order valence-corrected chi connectivity index (χ3v) is 4.98. The van der Waals surface area contributed by atoms with Crippen molar-refractivity contribution in [2.45, 2.75) is 52.5 Å². The Balaban J connectivity index is 1.97. The van der Waals surface area contributed by atoms with E-state index in [1.165, 1.54) is 19.3 Å². The number of nitrogens with one attached hydrogen (secondary N) is 1. The predicted molar refractivity (Wildman–Crippen MR) is 123 cm³/mol. The molecule has 0 spiro atoms. The van der Waals surface area contributed by atoms with Crippen molar-refractivity contribution < 1.29 is 14.3 Å². The Hall–Kier alpha value is -2.24. The highest BCUT2D eigenvalue weighted by Crippen LogP contribution is 2.17. The van der Waals surface area contributed by atoms with Crippen LogP contribution in [0.25, 0.3) is 0 Å². The second-order valence-electron chi connectivity index (χ2n) is 7.17. The Morgan fingerprint density at radius 3 is 2.33 bits per heavy atom. The Morgan fingerprint density at radius 2 is 1.67 bits per heavy atom. The molecule has 0 heterocycles. The highest BCUT2D eigenvalue weighted by Gasteiger charge is 2.14. The van der Waals surface area contributed by atoms with Gasteiger partial charge < -0.3 is 19.7 Å². The summed E-state index contributed by atoms with van der Waals surface area (Å²) in [5.41, 5.74) is 1.79. The standard InChI is InChI=1S/C24H33ClN2O3/c1-3-5-6-7-8-17-27(24(28)26-22-13-11-21(25)12-14-22)18-20-9-15-23(16-10-20)30-19-29-4-2/h9-16H,3-8,17-19H2,1-2H3,(H,26,28). The number of ether oxygens (including phenoxy) is 2. The number of benzene rings is 2. The van der Waals surface area contributed by atoms with E-state index >= 15 is 0 Å². The van der Waals surface area contributed by atoms with E-state index in [0.29, 0.717) is 24.7 Å². The van der Waals surface area contributed by atoms with Crippen molar-refractivity contribution in [1.82, 2.24) is 4.90 Å². The Morgan fingerprint density at radius 1 is 0.967 bits per heavy atom. The molecule has 0 saturated carbocycles. The molecule has 2 aromatic rings. The third-order valence-electron chi connectivity index (χ3n) is 4.72. The average Bonchev–Trinajstić information content (AvgIpc) is 2.75. The number of rotatable bonds is 13. The lowest BCUT2D eigenvalue weighted by atomic mass is 10.1. The van der Waals surface area contributed by atoms with Crippen LogP contribution in [0, 0.1) is 0 Å². The van der Waals surface area contributed by atoms with E-state index in [9.17, 15) is 4.79 Å². The molecule has 1 N–H and O–H groups in total. The SMILES string of the molecule is CCCCCCCN(Cc1ccc(OCOCC)cc1)C(=O)Nc1ccc(Cl)cc1. The molecule has 164 valence electrons. The number of amides is 2. The van der Waals surface area contributed by atoms with Crippen LogP contribution in [0.15, 0.2) is 48.5 Å². The number of hydrogen-bond donors (Lipinski definition) is 1. The fourth-order valence-electron chi connectivity index (χ4n) is 3.00. The van der Waals surface area contributed by atoms with Crippen LogP contribution < -0.4 is 10.1 Å². The maximum absolute atomic E-state index is 12.9. The van der Waals surface area contributed by atoms with Gasteiger partial charge in [0.05, 0.1) is 0 Å². The van der Waals surface area contributed by atoms with Crippen LogP contribution in [0.1, 0.15) is 51.5 Å². The highest BCUT2D eigenvalue weighted by molar-refractivity contribution is 6.30. The van der Waals surface area contributed by atoms with Gasteiger partial charge in [-0.3, -0.25) is 0 Å². The molecule has 0 aliphatic heterocycles. The molecule has 5 nitrogen and oxygen atoms in total. The first kappa shape index (κ1) is 24.0. The molecule has 0 aromatic heterocycles. The van der Waals surface area contributed by atoms with Crippen molar-refractivity contribution >= 4 is 23.3 Å². The van der Waals surface area contributed by atoms with E-state index in [1.54, 1.807) is 12.1 Å². The van der Waals surface area contributed by atoms with Gasteiger partial charge in [0.2, 0.25) is 0 Å². The Labute approximate surface area is 185 Å². The largest absolute Gasteiger partial charge is 0.468 e. The third kappa shape index (κ3) is 9.06. The van der Waals surface area contributed by atoms with E-state index in [0.717, 1.165) is 29.8 Å². The molecular weight excluding hydrogens is 400 g/mol. The minimum absolute atomic E-state index is 0.107. The van der Waals surface area contributed by atoms with Gasteiger partial charge in [0.15, 0.2) is 6.79 Å². The molecule has 2 amide bonds. The molecule has 0 radical (unpaired) electrons. The van der Waals surface area contributed by atoms with Gasteiger partial charge in [-0.15, -0.1) is 0 Å². The summed E-state index contributed by atoms with van der Waals surface area (Å²) in [4.78, 5) is 14.8. The van der Waals surface area contributed by atoms with Gasteiger partial charge in [0.25, 0.3) is 0 Å². The summed E-state index contributed by atoms with van der Waals surface area (Å²) < 4.78 is 10.7. The van der Waals surface area contributed by atoms with Crippen LogP contribution in [0.3, 0.4) is 0 Å². The van der Waals surface area contributed by atoms with Gasteiger partial charge in [-0.2, -0.15) is 0 Å². The monoisotopic (exact) mass is 432 g/mol. The van der Waals surface area contributed by atoms with Crippen molar-refractivity contribution in [3.63, 3.8) is 0 Å². The van der Waals surface area contributed by atoms with Gasteiger partial charge in [0, 0.05) is 30.4 Å². The highest BCUT2D eigenvalue weighted by atomic mass is 35.5. The molecule has 0 aliphatic rings. The van der Waals surface area contributed by atoms with Crippen molar-refractivity contribution in [2.75, 3.05) is 25.3 Å². The van der Waals surface area contributed by atoms with Crippen LogP contribution in [0.4, 0.5) is 10.5 Å². The van der Waals surface area contributed by atoms with Crippen LogP contribution in [0.2, 0.25) is 5.02 Å². The summed E-state index contributed by atoms with van der Waals surface area (Å²) in [6.45, 7) is 6.24. The zero-order chi connectivity index (χ0) is 21.6. The van der Waals surface area contributed by atoms with Crippen LogP contribution in [0.5, 0.6) is 5.75 Å². The summed E-state index contributed by atoms with van der Waals surface area (Å²) >= 11 is 5.94. The second-order valence-corrected chi connectivity index (χ2v) is 7.61. The second kappa shape index (κ2) is 13.9. The summed E-state index contributed by atoms with van der Waals surface area (Å²) in [6.07, 6.45) is 5.76. The van der Waals surface area contributed by atoms with Crippen LogP contribution in [-0.4, -0.2) is 30.9 Å². The normalized spacial score (nSPS) is 10.6. The predicted octanol–water partition coefficient (Wildman–Crippen LogP) is 6.72. The molecule has 30 heavy (non-hydrogen) atoms. The van der Waals surface area contributed by atoms with E-state index < -0.39 is 0 Å². The number of carbonyl (C=O) groups is 1. The van der Waals surface area contributed by atoms with Gasteiger partial charge in [-0.1, -0.05) is 56.3 Å². The van der Waals surface area contributed by atoms with Crippen LogP contribution >= 0.6 is 11.6 Å². The van der Waals surface area contributed by atoms with Gasteiger partial charge >= 0.3 is 6.03 Å². The molecule has 0 fully saturated rings. The topological polar surface area (TPSA) is 50.8 Å². The van der Waals surface area contributed by atoms with Crippen molar-refractivity contribution in [3.8, 4) is 5.75 Å². The summed E-state index contributed by atoms with van der Waals surface area (Å²) in [7, 11) is 0. The lowest BCUT2D eigenvalue weighted by Gasteiger charge is -2.23.